The minimum absolute atomic E-state index is 0.0345. The number of pyridine rings is 1. The van der Waals surface area contributed by atoms with E-state index in [-0.39, 0.29) is 16.2 Å². The standard InChI is InChI=1S/C63H52N4/c1-61(2,3)37-24-26-53-45(29-37)47-31-39(63(7,8)9)33-50-56-54(66(53)58(47)50)34-49-55-41-20-14-13-17-35(41)28-46-48-32-38(62(4,5)6)30-43(57(48)67(59(46)55)60(49)64-56)36-23-25-52-44(27-36)42-21-15-16-22-51(42)65(52)40-18-11-10-12-19-40/h10-34H,1-9H3. The Bertz CT molecular complexity index is 4420. The second-order valence-corrected chi connectivity index (χ2v) is 22.5. The predicted octanol–water partition coefficient (Wildman–Crippen LogP) is 17.2. The number of hydrogen-bond donors (Lipinski definition) is 0. The zero-order chi connectivity index (χ0) is 45.6. The van der Waals surface area contributed by atoms with Crippen LogP contribution in [0.5, 0.6) is 0 Å². The fourth-order valence-corrected chi connectivity index (χ4v) is 11.8. The van der Waals surface area contributed by atoms with Gasteiger partial charge < -0.3 is 8.97 Å². The van der Waals surface area contributed by atoms with Crippen molar-refractivity contribution in [2.75, 3.05) is 0 Å². The fraction of sp³-hybridized carbons (Fsp3) is 0.190. The Labute approximate surface area is 389 Å². The Hall–Kier alpha value is -7.43. The van der Waals surface area contributed by atoms with Crippen molar-refractivity contribution >= 4 is 109 Å². The first-order chi connectivity index (χ1) is 32.1. The lowest BCUT2D eigenvalue weighted by Gasteiger charge is -2.21. The van der Waals surface area contributed by atoms with Crippen molar-refractivity contribution in [3.63, 3.8) is 0 Å². The summed E-state index contributed by atoms with van der Waals surface area (Å²) >= 11 is 0. The molecule has 4 heteroatoms. The van der Waals surface area contributed by atoms with Gasteiger partial charge in [-0.1, -0.05) is 135 Å². The minimum Gasteiger partial charge on any atom is -0.309 e. The van der Waals surface area contributed by atoms with Crippen LogP contribution in [0.25, 0.3) is 126 Å². The van der Waals surface area contributed by atoms with Crippen LogP contribution in [0, 0.1) is 0 Å². The number of rotatable bonds is 2. The molecule has 4 nitrogen and oxygen atoms in total. The van der Waals surface area contributed by atoms with E-state index in [4.69, 9.17) is 4.98 Å². The van der Waals surface area contributed by atoms with Gasteiger partial charge in [-0.05, 0) is 128 Å². The molecule has 8 aromatic carbocycles. The third-order valence-electron chi connectivity index (χ3n) is 15.3. The maximum absolute atomic E-state index is 5.97. The van der Waals surface area contributed by atoms with Crippen molar-refractivity contribution in [3.8, 4) is 16.8 Å². The Kier molecular flexibility index (Phi) is 7.36. The van der Waals surface area contributed by atoms with Crippen LogP contribution in [0.3, 0.4) is 0 Å². The Balaban J connectivity index is 1.16. The number of aromatic nitrogens is 4. The molecule has 14 aromatic rings. The van der Waals surface area contributed by atoms with E-state index in [1.54, 1.807) is 0 Å². The molecule has 0 bridgehead atoms. The van der Waals surface area contributed by atoms with E-state index in [0.29, 0.717) is 0 Å². The molecule has 0 N–H and O–H groups in total. The lowest BCUT2D eigenvalue weighted by molar-refractivity contribution is 0.590. The van der Waals surface area contributed by atoms with Crippen LogP contribution >= 0.6 is 0 Å². The van der Waals surface area contributed by atoms with Gasteiger partial charge in [0.25, 0.3) is 0 Å². The average molecular weight is 865 g/mol. The van der Waals surface area contributed by atoms with E-state index in [1.807, 2.05) is 0 Å². The molecule has 6 aromatic heterocycles. The molecule has 0 saturated heterocycles. The third-order valence-corrected chi connectivity index (χ3v) is 15.3. The van der Waals surface area contributed by atoms with Gasteiger partial charge in [0.1, 0.15) is 5.65 Å². The molecular formula is C63H52N4. The summed E-state index contributed by atoms with van der Waals surface area (Å²) in [5, 5.41) is 13.9. The molecule has 0 saturated carbocycles. The summed E-state index contributed by atoms with van der Waals surface area (Å²) < 4.78 is 7.48. The van der Waals surface area contributed by atoms with Gasteiger partial charge in [-0.25, -0.2) is 4.98 Å². The first-order valence-corrected chi connectivity index (χ1v) is 24.0. The highest BCUT2D eigenvalue weighted by atomic mass is 15.0. The SMILES string of the molecule is CC(C)(C)c1ccc2c(c1)c1cc(C(C)(C)C)cc3c4nc5c(cc4n2c13)c1c2ccccc2cc2c3cc(C(C)(C)C)cc(-c4ccc6c(c4)c4ccccc4n6-c4ccccc4)c3n5c21. The van der Waals surface area contributed by atoms with Crippen LogP contribution in [0.4, 0.5) is 0 Å². The van der Waals surface area contributed by atoms with E-state index >= 15 is 0 Å². The molecule has 0 aliphatic carbocycles. The van der Waals surface area contributed by atoms with Crippen LogP contribution in [0.2, 0.25) is 0 Å². The average Bonchev–Trinajstić information content (AvgIpc) is 4.09. The molecule has 324 valence electrons. The van der Waals surface area contributed by atoms with E-state index in [9.17, 15) is 0 Å². The van der Waals surface area contributed by atoms with Gasteiger partial charge in [-0.3, -0.25) is 4.40 Å². The Morgan fingerprint density at radius 3 is 1.73 bits per heavy atom. The van der Waals surface area contributed by atoms with Gasteiger partial charge in [0.2, 0.25) is 0 Å². The minimum atomic E-state index is -0.0844. The van der Waals surface area contributed by atoms with Crippen molar-refractivity contribution in [3.05, 3.63) is 168 Å². The first kappa shape index (κ1) is 38.8. The number of hydrogen-bond acceptors (Lipinski definition) is 1. The van der Waals surface area contributed by atoms with Crippen LogP contribution in [-0.4, -0.2) is 18.4 Å². The fourth-order valence-electron chi connectivity index (χ4n) is 11.8. The third kappa shape index (κ3) is 5.16. The molecule has 0 radical (unpaired) electrons. The molecule has 0 unspecified atom stereocenters. The Morgan fingerprint density at radius 1 is 0.373 bits per heavy atom. The molecule has 0 aliphatic rings. The summed E-state index contributed by atoms with van der Waals surface area (Å²) in [6.45, 7) is 21.0. The molecular weight excluding hydrogens is 813 g/mol. The van der Waals surface area contributed by atoms with Gasteiger partial charge in [-0.2, -0.15) is 0 Å². The van der Waals surface area contributed by atoms with Crippen LogP contribution < -0.4 is 0 Å². The van der Waals surface area contributed by atoms with Crippen molar-refractivity contribution in [1.82, 2.24) is 18.4 Å². The van der Waals surface area contributed by atoms with Gasteiger partial charge >= 0.3 is 0 Å². The van der Waals surface area contributed by atoms with E-state index in [2.05, 4.69) is 227 Å². The maximum Gasteiger partial charge on any atom is 0.146 e. The topological polar surface area (TPSA) is 26.6 Å². The van der Waals surface area contributed by atoms with Crippen LogP contribution in [0.1, 0.15) is 79.0 Å². The largest absolute Gasteiger partial charge is 0.309 e. The number of para-hydroxylation sites is 2. The second-order valence-electron chi connectivity index (χ2n) is 22.5. The van der Waals surface area contributed by atoms with Crippen molar-refractivity contribution in [2.24, 2.45) is 0 Å². The smallest absolute Gasteiger partial charge is 0.146 e. The molecule has 0 fully saturated rings. The first-order valence-electron chi connectivity index (χ1n) is 24.0. The Morgan fingerprint density at radius 2 is 0.970 bits per heavy atom. The van der Waals surface area contributed by atoms with Crippen molar-refractivity contribution < 1.29 is 0 Å². The summed E-state index contributed by atoms with van der Waals surface area (Å²) in [6, 6.07) is 57.7. The van der Waals surface area contributed by atoms with Crippen LogP contribution in [0.15, 0.2) is 152 Å². The van der Waals surface area contributed by atoms with Gasteiger partial charge in [0.05, 0.1) is 44.1 Å². The summed E-state index contributed by atoms with van der Waals surface area (Å²) in [6.07, 6.45) is 0. The van der Waals surface area contributed by atoms with Crippen LogP contribution in [-0.2, 0) is 16.2 Å². The number of fused-ring (bicyclic) bond motifs is 17. The highest BCUT2D eigenvalue weighted by molar-refractivity contribution is 6.34. The lowest BCUT2D eigenvalue weighted by atomic mass is 9.84. The quantitative estimate of drug-likeness (QED) is 0.170. The zero-order valence-corrected chi connectivity index (χ0v) is 39.7. The summed E-state index contributed by atoms with van der Waals surface area (Å²) in [5.74, 6) is 0. The van der Waals surface area contributed by atoms with Crippen molar-refractivity contribution in [1.29, 1.82) is 0 Å². The molecule has 14 rings (SSSR count). The predicted molar refractivity (Wildman–Crippen MR) is 287 cm³/mol. The lowest BCUT2D eigenvalue weighted by Crippen LogP contribution is -2.11. The molecule has 0 amide bonds. The van der Waals surface area contributed by atoms with Crippen molar-refractivity contribution in [2.45, 2.75) is 78.6 Å². The number of benzene rings is 8. The summed E-state index contributed by atoms with van der Waals surface area (Å²) in [4.78, 5) is 5.97. The molecule has 0 aliphatic heterocycles. The van der Waals surface area contributed by atoms with E-state index < -0.39 is 0 Å². The maximum atomic E-state index is 5.97. The van der Waals surface area contributed by atoms with Gasteiger partial charge in [0.15, 0.2) is 0 Å². The van der Waals surface area contributed by atoms with E-state index in [0.717, 1.165) is 16.7 Å². The zero-order valence-electron chi connectivity index (χ0n) is 39.7. The highest BCUT2D eigenvalue weighted by Gasteiger charge is 2.29. The van der Waals surface area contributed by atoms with E-state index in [1.165, 1.54) is 126 Å². The normalized spacial score (nSPS) is 13.4. The monoisotopic (exact) mass is 864 g/mol. The molecule has 0 spiro atoms. The number of nitrogens with zero attached hydrogens (tertiary/aromatic N) is 4. The second kappa shape index (κ2) is 12.7. The summed E-state index contributed by atoms with van der Waals surface area (Å²) in [5.41, 5.74) is 18.1. The highest BCUT2D eigenvalue weighted by Crippen LogP contribution is 2.50. The summed E-state index contributed by atoms with van der Waals surface area (Å²) in [7, 11) is 0. The van der Waals surface area contributed by atoms with Gasteiger partial charge in [0, 0.05) is 59.7 Å². The van der Waals surface area contributed by atoms with Gasteiger partial charge in [-0.15, -0.1) is 0 Å². The molecule has 67 heavy (non-hydrogen) atoms. The molecule has 6 heterocycles. The molecule has 0 atom stereocenters.